The lowest BCUT2D eigenvalue weighted by Gasteiger charge is -2.11. The van der Waals surface area contributed by atoms with Crippen LogP contribution in [0.1, 0.15) is 17.0 Å². The Morgan fingerprint density at radius 2 is 2.12 bits per heavy atom. The Bertz CT molecular complexity index is 534. The summed E-state index contributed by atoms with van der Waals surface area (Å²) in [5.74, 6) is 0.847. The van der Waals surface area contributed by atoms with Crippen LogP contribution in [-0.4, -0.2) is 16.7 Å². The molecule has 0 radical (unpaired) electrons. The molecule has 0 atom stereocenters. The van der Waals surface area contributed by atoms with Gasteiger partial charge >= 0.3 is 0 Å². The van der Waals surface area contributed by atoms with Crippen molar-refractivity contribution in [1.29, 1.82) is 0 Å². The van der Waals surface area contributed by atoms with E-state index in [2.05, 4.69) is 16.5 Å². The van der Waals surface area contributed by atoms with Gasteiger partial charge in [-0.25, -0.2) is 4.98 Å². The molecule has 1 heterocycles. The average molecular weight is 251 g/mol. The maximum Gasteiger partial charge on any atom is 0.123 e. The van der Waals surface area contributed by atoms with Crippen LogP contribution in [0.5, 0.6) is 5.75 Å². The molecule has 2 rings (SSSR count). The first-order valence-corrected chi connectivity index (χ1v) is 5.80. The molecule has 0 saturated heterocycles. The topological polar surface area (TPSA) is 27.1 Å². The molecule has 4 heteroatoms. The second kappa shape index (κ2) is 4.80. The third-order valence-corrected chi connectivity index (χ3v) is 3.16. The zero-order valence-electron chi connectivity index (χ0n) is 10.2. The third-order valence-electron chi connectivity index (χ3n) is 2.93. The highest BCUT2D eigenvalue weighted by atomic mass is 35.5. The molecule has 0 fully saturated rings. The summed E-state index contributed by atoms with van der Waals surface area (Å²) in [7, 11) is 1.67. The first-order valence-electron chi connectivity index (χ1n) is 5.42. The van der Waals surface area contributed by atoms with E-state index >= 15 is 0 Å². The second-order valence-corrected chi connectivity index (χ2v) is 4.44. The van der Waals surface area contributed by atoms with E-state index in [1.165, 1.54) is 0 Å². The van der Waals surface area contributed by atoms with Crippen molar-refractivity contribution >= 4 is 11.6 Å². The van der Waals surface area contributed by atoms with Gasteiger partial charge in [0, 0.05) is 16.3 Å². The highest BCUT2D eigenvalue weighted by Crippen LogP contribution is 2.24. The molecular weight excluding hydrogens is 236 g/mol. The molecule has 0 aliphatic carbocycles. The first kappa shape index (κ1) is 12.0. The van der Waals surface area contributed by atoms with Crippen LogP contribution in [0.4, 0.5) is 0 Å². The Kier molecular flexibility index (Phi) is 3.38. The zero-order valence-corrected chi connectivity index (χ0v) is 11.0. The number of hydrogen-bond donors (Lipinski definition) is 0. The molecule has 1 aromatic carbocycles. The minimum atomic E-state index is 0.718. The highest BCUT2D eigenvalue weighted by Gasteiger charge is 2.07. The van der Waals surface area contributed by atoms with Gasteiger partial charge in [0.2, 0.25) is 0 Å². The fraction of sp³-hybridized carbons (Fsp3) is 0.308. The highest BCUT2D eigenvalue weighted by molar-refractivity contribution is 6.30. The Morgan fingerprint density at radius 3 is 2.71 bits per heavy atom. The SMILES string of the molecule is COc1ccc(Cl)cc1Cn1cnc(C)c1C. The summed E-state index contributed by atoms with van der Waals surface area (Å²) >= 11 is 6.00. The van der Waals surface area contributed by atoms with Crippen molar-refractivity contribution < 1.29 is 4.74 Å². The van der Waals surface area contributed by atoms with E-state index in [1.807, 2.05) is 31.5 Å². The lowest BCUT2D eigenvalue weighted by Crippen LogP contribution is -2.02. The average Bonchev–Trinajstić information content (AvgIpc) is 2.61. The summed E-state index contributed by atoms with van der Waals surface area (Å²) in [5, 5.41) is 0.718. The molecular formula is C13H15ClN2O. The zero-order chi connectivity index (χ0) is 12.4. The van der Waals surface area contributed by atoms with Crippen LogP contribution in [0.2, 0.25) is 5.02 Å². The van der Waals surface area contributed by atoms with Gasteiger partial charge in [-0.3, -0.25) is 0 Å². The number of aryl methyl sites for hydroxylation is 1. The van der Waals surface area contributed by atoms with Gasteiger partial charge in [0.05, 0.1) is 25.7 Å². The maximum atomic E-state index is 6.00. The van der Waals surface area contributed by atoms with Gasteiger partial charge in [-0.15, -0.1) is 0 Å². The number of ether oxygens (including phenoxy) is 1. The number of imidazole rings is 1. The van der Waals surface area contributed by atoms with Crippen molar-refractivity contribution in [3.05, 3.63) is 46.5 Å². The molecule has 0 unspecified atom stereocenters. The molecule has 3 nitrogen and oxygen atoms in total. The number of halogens is 1. The number of benzene rings is 1. The summed E-state index contributed by atoms with van der Waals surface area (Å²) in [6.07, 6.45) is 1.84. The molecule has 0 bridgehead atoms. The van der Waals surface area contributed by atoms with E-state index in [1.54, 1.807) is 7.11 Å². The Labute approximate surface area is 106 Å². The van der Waals surface area contributed by atoms with Crippen LogP contribution in [0, 0.1) is 13.8 Å². The number of methoxy groups -OCH3 is 1. The Balaban J connectivity index is 2.35. The fourth-order valence-electron chi connectivity index (χ4n) is 1.76. The van der Waals surface area contributed by atoms with Crippen molar-refractivity contribution in [1.82, 2.24) is 9.55 Å². The summed E-state index contributed by atoms with van der Waals surface area (Å²) in [6, 6.07) is 5.64. The van der Waals surface area contributed by atoms with E-state index in [-0.39, 0.29) is 0 Å². The van der Waals surface area contributed by atoms with Gasteiger partial charge < -0.3 is 9.30 Å². The summed E-state index contributed by atoms with van der Waals surface area (Å²) in [6.45, 7) is 4.77. The number of hydrogen-bond acceptors (Lipinski definition) is 2. The van der Waals surface area contributed by atoms with Gasteiger partial charge in [-0.05, 0) is 32.0 Å². The van der Waals surface area contributed by atoms with Crippen molar-refractivity contribution in [2.45, 2.75) is 20.4 Å². The summed E-state index contributed by atoms with van der Waals surface area (Å²) < 4.78 is 7.41. The van der Waals surface area contributed by atoms with E-state index in [4.69, 9.17) is 16.3 Å². The van der Waals surface area contributed by atoms with Crippen LogP contribution in [0.25, 0.3) is 0 Å². The van der Waals surface area contributed by atoms with E-state index < -0.39 is 0 Å². The summed E-state index contributed by atoms with van der Waals surface area (Å²) in [4.78, 5) is 4.28. The predicted octanol–water partition coefficient (Wildman–Crippen LogP) is 3.21. The Morgan fingerprint density at radius 1 is 1.35 bits per heavy atom. The van der Waals surface area contributed by atoms with Gasteiger partial charge in [-0.1, -0.05) is 11.6 Å². The molecule has 0 amide bonds. The maximum absolute atomic E-state index is 6.00. The van der Waals surface area contributed by atoms with Crippen LogP contribution >= 0.6 is 11.6 Å². The van der Waals surface area contributed by atoms with Crippen LogP contribution in [-0.2, 0) is 6.54 Å². The lowest BCUT2D eigenvalue weighted by molar-refractivity contribution is 0.408. The molecule has 2 aromatic rings. The number of rotatable bonds is 3. The third kappa shape index (κ3) is 2.44. The first-order chi connectivity index (χ1) is 8.11. The Hall–Kier alpha value is -1.48. The molecule has 0 saturated carbocycles. The van der Waals surface area contributed by atoms with Crippen molar-refractivity contribution in [3.8, 4) is 5.75 Å². The molecule has 1 aromatic heterocycles. The van der Waals surface area contributed by atoms with Crippen molar-refractivity contribution in [2.24, 2.45) is 0 Å². The van der Waals surface area contributed by atoms with Gasteiger partial charge in [-0.2, -0.15) is 0 Å². The van der Waals surface area contributed by atoms with E-state index in [0.717, 1.165) is 34.3 Å². The second-order valence-electron chi connectivity index (χ2n) is 4.00. The van der Waals surface area contributed by atoms with Gasteiger partial charge in [0.25, 0.3) is 0 Å². The van der Waals surface area contributed by atoms with E-state index in [0.29, 0.717) is 0 Å². The quantitative estimate of drug-likeness (QED) is 0.837. The molecule has 0 aliphatic rings. The van der Waals surface area contributed by atoms with Crippen molar-refractivity contribution in [2.75, 3.05) is 7.11 Å². The monoisotopic (exact) mass is 250 g/mol. The lowest BCUT2D eigenvalue weighted by atomic mass is 10.2. The standard InChI is InChI=1S/C13H15ClN2O/c1-9-10(2)16(8-15-9)7-11-6-12(14)4-5-13(11)17-3/h4-6,8H,7H2,1-3H3. The molecule has 90 valence electrons. The molecule has 0 N–H and O–H groups in total. The largest absolute Gasteiger partial charge is 0.496 e. The molecule has 0 aliphatic heterocycles. The normalized spacial score (nSPS) is 10.6. The number of nitrogens with zero attached hydrogens (tertiary/aromatic N) is 2. The smallest absolute Gasteiger partial charge is 0.123 e. The summed E-state index contributed by atoms with van der Waals surface area (Å²) in [5.41, 5.74) is 3.26. The molecule has 17 heavy (non-hydrogen) atoms. The van der Waals surface area contributed by atoms with E-state index in [9.17, 15) is 0 Å². The van der Waals surface area contributed by atoms with Crippen LogP contribution in [0.3, 0.4) is 0 Å². The minimum absolute atomic E-state index is 0.718. The van der Waals surface area contributed by atoms with Gasteiger partial charge in [0.15, 0.2) is 0 Å². The number of aromatic nitrogens is 2. The van der Waals surface area contributed by atoms with Crippen LogP contribution in [0.15, 0.2) is 24.5 Å². The minimum Gasteiger partial charge on any atom is -0.496 e. The van der Waals surface area contributed by atoms with Gasteiger partial charge in [0.1, 0.15) is 5.75 Å². The predicted molar refractivity (Wildman–Crippen MR) is 68.8 cm³/mol. The van der Waals surface area contributed by atoms with Crippen LogP contribution < -0.4 is 4.74 Å². The fourth-order valence-corrected chi connectivity index (χ4v) is 1.95. The van der Waals surface area contributed by atoms with Crippen molar-refractivity contribution in [3.63, 3.8) is 0 Å². The molecule has 0 spiro atoms.